The first-order chi connectivity index (χ1) is 14.1. The standard InChI is InChI=1S/C24H30Cl2N2O2/c1-6-17(4)27-24(30)18(5)28(14-20-21(25)8-7-9-22(20)26)23(29)13-19-11-15(2)10-16(3)12-19/h7-12,17-18H,6,13-14H2,1-5H3,(H,27,30)/t17-,18+/m0/s1. The van der Waals surface area contributed by atoms with Crippen LogP contribution in [0, 0.1) is 13.8 Å². The maximum atomic E-state index is 13.3. The number of benzene rings is 2. The monoisotopic (exact) mass is 448 g/mol. The number of carbonyl (C=O) groups is 2. The van der Waals surface area contributed by atoms with E-state index in [9.17, 15) is 9.59 Å². The largest absolute Gasteiger partial charge is 0.352 e. The van der Waals surface area contributed by atoms with Crippen LogP contribution in [0.3, 0.4) is 0 Å². The molecule has 0 aliphatic carbocycles. The highest BCUT2D eigenvalue weighted by atomic mass is 35.5. The molecule has 2 aromatic rings. The number of hydrogen-bond donors (Lipinski definition) is 1. The minimum Gasteiger partial charge on any atom is -0.352 e. The summed E-state index contributed by atoms with van der Waals surface area (Å²) in [4.78, 5) is 27.7. The van der Waals surface area contributed by atoms with Crippen LogP contribution in [0.1, 0.15) is 49.4 Å². The first-order valence-corrected chi connectivity index (χ1v) is 11.0. The zero-order valence-electron chi connectivity index (χ0n) is 18.3. The molecule has 0 aromatic heterocycles. The van der Waals surface area contributed by atoms with Crippen molar-refractivity contribution in [1.82, 2.24) is 10.2 Å². The molecule has 0 radical (unpaired) electrons. The number of rotatable bonds is 8. The van der Waals surface area contributed by atoms with Crippen LogP contribution in [0.5, 0.6) is 0 Å². The third kappa shape index (κ3) is 6.48. The molecule has 0 aliphatic heterocycles. The lowest BCUT2D eigenvalue weighted by Gasteiger charge is -2.30. The molecule has 0 heterocycles. The van der Waals surface area contributed by atoms with Gasteiger partial charge in [0.2, 0.25) is 11.8 Å². The molecule has 2 rings (SSSR count). The summed E-state index contributed by atoms with van der Waals surface area (Å²) in [7, 11) is 0. The minimum absolute atomic E-state index is 0.0280. The molecule has 0 unspecified atom stereocenters. The van der Waals surface area contributed by atoms with Crippen LogP contribution in [0.15, 0.2) is 36.4 Å². The van der Waals surface area contributed by atoms with Crippen molar-refractivity contribution in [3.8, 4) is 0 Å². The van der Waals surface area contributed by atoms with Gasteiger partial charge in [-0.3, -0.25) is 9.59 Å². The Morgan fingerprint density at radius 2 is 1.60 bits per heavy atom. The van der Waals surface area contributed by atoms with Crippen LogP contribution in [0.4, 0.5) is 0 Å². The van der Waals surface area contributed by atoms with E-state index in [0.29, 0.717) is 15.6 Å². The Morgan fingerprint density at radius 3 is 2.13 bits per heavy atom. The number of hydrogen-bond acceptors (Lipinski definition) is 2. The van der Waals surface area contributed by atoms with Crippen molar-refractivity contribution in [2.24, 2.45) is 0 Å². The lowest BCUT2D eigenvalue weighted by molar-refractivity contribution is -0.140. The van der Waals surface area contributed by atoms with E-state index < -0.39 is 6.04 Å². The van der Waals surface area contributed by atoms with Crippen LogP contribution in [-0.4, -0.2) is 28.8 Å². The smallest absolute Gasteiger partial charge is 0.242 e. The number of aryl methyl sites for hydroxylation is 2. The van der Waals surface area contributed by atoms with Gasteiger partial charge in [-0.2, -0.15) is 0 Å². The quantitative estimate of drug-likeness (QED) is 0.580. The molecular formula is C24H30Cl2N2O2. The van der Waals surface area contributed by atoms with Crippen LogP contribution in [0.2, 0.25) is 10.0 Å². The second-order valence-corrected chi connectivity index (χ2v) is 8.70. The molecule has 1 N–H and O–H groups in total. The molecule has 0 fully saturated rings. The van der Waals surface area contributed by atoms with Crippen molar-refractivity contribution in [3.63, 3.8) is 0 Å². The molecule has 6 heteroatoms. The number of nitrogens with zero attached hydrogens (tertiary/aromatic N) is 1. The number of halogens is 2. The van der Waals surface area contributed by atoms with Crippen molar-refractivity contribution < 1.29 is 9.59 Å². The molecule has 2 amide bonds. The van der Waals surface area contributed by atoms with E-state index in [0.717, 1.165) is 23.1 Å². The lowest BCUT2D eigenvalue weighted by atomic mass is 10.0. The average Bonchev–Trinajstić information content (AvgIpc) is 2.66. The Labute approximate surface area is 189 Å². The predicted molar refractivity (Wildman–Crippen MR) is 124 cm³/mol. The van der Waals surface area contributed by atoms with Crippen molar-refractivity contribution in [1.29, 1.82) is 0 Å². The van der Waals surface area contributed by atoms with Crippen molar-refractivity contribution in [2.45, 2.75) is 66.1 Å². The van der Waals surface area contributed by atoms with Gasteiger partial charge < -0.3 is 10.2 Å². The van der Waals surface area contributed by atoms with Crippen LogP contribution in [0.25, 0.3) is 0 Å². The second-order valence-electron chi connectivity index (χ2n) is 7.89. The minimum atomic E-state index is -0.662. The normalized spacial score (nSPS) is 12.9. The molecule has 2 atom stereocenters. The van der Waals surface area contributed by atoms with E-state index in [1.165, 1.54) is 0 Å². The van der Waals surface area contributed by atoms with E-state index in [2.05, 4.69) is 11.4 Å². The molecule has 162 valence electrons. The molecule has 0 aliphatic rings. The molecular weight excluding hydrogens is 419 g/mol. The predicted octanol–water partition coefficient (Wildman–Crippen LogP) is 5.48. The second kappa shape index (κ2) is 10.8. The Morgan fingerprint density at radius 1 is 1.03 bits per heavy atom. The average molecular weight is 449 g/mol. The Hall–Kier alpha value is -2.04. The molecule has 30 heavy (non-hydrogen) atoms. The van der Waals surface area contributed by atoms with Crippen molar-refractivity contribution >= 4 is 35.0 Å². The zero-order chi connectivity index (χ0) is 22.4. The highest BCUT2D eigenvalue weighted by molar-refractivity contribution is 6.36. The van der Waals surface area contributed by atoms with Gasteiger partial charge in [0, 0.05) is 28.2 Å². The van der Waals surface area contributed by atoms with Gasteiger partial charge >= 0.3 is 0 Å². The van der Waals surface area contributed by atoms with Crippen LogP contribution < -0.4 is 5.32 Å². The van der Waals surface area contributed by atoms with Crippen molar-refractivity contribution in [2.75, 3.05) is 0 Å². The lowest BCUT2D eigenvalue weighted by Crippen LogP contribution is -2.50. The van der Waals surface area contributed by atoms with Crippen molar-refractivity contribution in [3.05, 3.63) is 68.7 Å². The zero-order valence-corrected chi connectivity index (χ0v) is 19.8. The molecule has 0 spiro atoms. The van der Waals surface area contributed by atoms with E-state index in [1.54, 1.807) is 30.0 Å². The summed E-state index contributed by atoms with van der Waals surface area (Å²) in [5.74, 6) is -0.343. The SMILES string of the molecule is CC[C@H](C)NC(=O)[C@@H](C)N(Cc1c(Cl)cccc1Cl)C(=O)Cc1cc(C)cc(C)c1. The summed E-state index contributed by atoms with van der Waals surface area (Å²) in [5.41, 5.74) is 3.75. The number of nitrogens with one attached hydrogen (secondary N) is 1. The fourth-order valence-electron chi connectivity index (χ4n) is 3.35. The Bertz CT molecular complexity index is 874. The summed E-state index contributed by atoms with van der Waals surface area (Å²) in [6, 6.07) is 10.7. The summed E-state index contributed by atoms with van der Waals surface area (Å²) >= 11 is 12.7. The van der Waals surface area contributed by atoms with Gasteiger partial charge in [-0.25, -0.2) is 0 Å². The molecule has 0 saturated heterocycles. The van der Waals surface area contributed by atoms with E-state index in [1.807, 2.05) is 39.8 Å². The van der Waals surface area contributed by atoms with Gasteiger partial charge in [-0.15, -0.1) is 0 Å². The van der Waals surface area contributed by atoms with Crippen LogP contribution >= 0.6 is 23.2 Å². The highest BCUT2D eigenvalue weighted by Gasteiger charge is 2.28. The molecule has 0 bridgehead atoms. The Kier molecular flexibility index (Phi) is 8.75. The number of amides is 2. The summed E-state index contributed by atoms with van der Waals surface area (Å²) in [6.07, 6.45) is 1.01. The fraction of sp³-hybridized carbons (Fsp3) is 0.417. The van der Waals surface area contributed by atoms with Gasteiger partial charge in [-0.05, 0) is 51.8 Å². The molecule has 4 nitrogen and oxygen atoms in total. The third-order valence-corrected chi connectivity index (χ3v) is 5.90. The van der Waals surface area contributed by atoms with Gasteiger partial charge in [0.1, 0.15) is 6.04 Å². The maximum Gasteiger partial charge on any atom is 0.242 e. The summed E-state index contributed by atoms with van der Waals surface area (Å²) < 4.78 is 0. The fourth-order valence-corrected chi connectivity index (χ4v) is 3.87. The van der Waals surface area contributed by atoms with Gasteiger partial charge in [0.25, 0.3) is 0 Å². The Balaban J connectivity index is 2.33. The number of carbonyl (C=O) groups excluding carboxylic acids is 2. The molecule has 0 saturated carbocycles. The van der Waals surface area contributed by atoms with Gasteiger partial charge in [-0.1, -0.05) is 65.5 Å². The van der Waals surface area contributed by atoms with E-state index in [-0.39, 0.29) is 30.8 Å². The summed E-state index contributed by atoms with van der Waals surface area (Å²) in [6.45, 7) is 9.85. The third-order valence-electron chi connectivity index (χ3n) is 5.20. The van der Waals surface area contributed by atoms with Gasteiger partial charge in [0.15, 0.2) is 0 Å². The first kappa shape index (κ1) is 24.2. The molecule has 2 aromatic carbocycles. The van der Waals surface area contributed by atoms with E-state index >= 15 is 0 Å². The summed E-state index contributed by atoms with van der Waals surface area (Å²) in [5, 5.41) is 3.91. The topological polar surface area (TPSA) is 49.4 Å². The van der Waals surface area contributed by atoms with E-state index in [4.69, 9.17) is 23.2 Å². The highest BCUT2D eigenvalue weighted by Crippen LogP contribution is 2.27. The maximum absolute atomic E-state index is 13.3. The first-order valence-electron chi connectivity index (χ1n) is 10.2. The van der Waals surface area contributed by atoms with Gasteiger partial charge in [0.05, 0.1) is 6.42 Å². The van der Waals surface area contributed by atoms with Crippen LogP contribution in [-0.2, 0) is 22.6 Å².